The van der Waals surface area contributed by atoms with E-state index in [2.05, 4.69) is 45.3 Å². The zero-order valence-corrected chi connectivity index (χ0v) is 18.6. The first-order chi connectivity index (χ1) is 12.6. The van der Waals surface area contributed by atoms with Crippen LogP contribution in [-0.2, 0) is 4.43 Å². The molecule has 1 aromatic rings. The zero-order valence-electron chi connectivity index (χ0n) is 17.6. The van der Waals surface area contributed by atoms with E-state index < -0.39 is 8.32 Å². The monoisotopic (exact) mass is 391 g/mol. The van der Waals surface area contributed by atoms with Crippen LogP contribution in [-0.4, -0.2) is 41.3 Å². The Morgan fingerprint density at radius 2 is 1.74 bits per heavy atom. The van der Waals surface area contributed by atoms with Gasteiger partial charge in [0.05, 0.1) is 20.8 Å². The molecular weight excluding hydrogens is 358 g/mol. The topological polar surface area (TPSA) is 49.0 Å². The van der Waals surface area contributed by atoms with Crippen molar-refractivity contribution in [3.63, 3.8) is 0 Å². The van der Waals surface area contributed by atoms with E-state index in [1.165, 1.54) is 12.8 Å². The number of hydrogen-bond donors (Lipinski definition) is 1. The van der Waals surface area contributed by atoms with Crippen LogP contribution in [0.2, 0.25) is 18.1 Å². The van der Waals surface area contributed by atoms with Crippen LogP contribution in [0.5, 0.6) is 17.2 Å². The van der Waals surface area contributed by atoms with Crippen LogP contribution in [0.4, 0.5) is 0 Å². The molecule has 2 aliphatic rings. The predicted molar refractivity (Wildman–Crippen MR) is 111 cm³/mol. The second-order valence-corrected chi connectivity index (χ2v) is 13.7. The summed E-state index contributed by atoms with van der Waals surface area (Å²) in [6.07, 6.45) is 4.46. The number of fused-ring (bicyclic) bond motifs is 1. The molecule has 1 N–H and O–H groups in total. The van der Waals surface area contributed by atoms with Gasteiger partial charge in [0.1, 0.15) is 11.9 Å². The first-order valence-electron chi connectivity index (χ1n) is 9.70. The van der Waals surface area contributed by atoms with Crippen molar-refractivity contribution in [1.29, 1.82) is 0 Å². The fourth-order valence-corrected chi connectivity index (χ4v) is 3.82. The standard InChI is InChI=1S/C21H33NO4Si/c1-21(2,3)27(6,7)25-13-15-10-17(22-14-8-9-14)16-11-19(23-4)20(24-5)12-18(16)26-15/h10-12,14-15,22H,8-9,13H2,1-7H3. The van der Waals surface area contributed by atoms with E-state index in [0.717, 1.165) is 17.0 Å². The van der Waals surface area contributed by atoms with E-state index in [-0.39, 0.29) is 11.1 Å². The molecule has 27 heavy (non-hydrogen) atoms. The average molecular weight is 392 g/mol. The molecule has 1 atom stereocenters. The average Bonchev–Trinajstić information content (AvgIpc) is 3.42. The lowest BCUT2D eigenvalue weighted by atomic mass is 10.0. The smallest absolute Gasteiger partial charge is 0.192 e. The molecule has 1 saturated carbocycles. The van der Waals surface area contributed by atoms with Gasteiger partial charge in [0.2, 0.25) is 0 Å². The van der Waals surface area contributed by atoms with Gasteiger partial charge in [0, 0.05) is 23.4 Å². The van der Waals surface area contributed by atoms with Gasteiger partial charge in [-0.3, -0.25) is 0 Å². The maximum absolute atomic E-state index is 6.40. The van der Waals surface area contributed by atoms with Crippen LogP contribution < -0.4 is 19.5 Å². The third-order valence-corrected chi connectivity index (χ3v) is 10.3. The Kier molecular flexibility index (Phi) is 5.50. The van der Waals surface area contributed by atoms with E-state index in [9.17, 15) is 0 Å². The molecule has 1 aromatic carbocycles. The summed E-state index contributed by atoms with van der Waals surface area (Å²) in [6.45, 7) is 11.9. The number of nitrogens with one attached hydrogen (secondary N) is 1. The van der Waals surface area contributed by atoms with Gasteiger partial charge in [-0.15, -0.1) is 0 Å². The lowest BCUT2D eigenvalue weighted by Crippen LogP contribution is -2.43. The number of ether oxygens (including phenoxy) is 3. The summed E-state index contributed by atoms with van der Waals surface area (Å²) in [5.41, 5.74) is 2.12. The second-order valence-electron chi connectivity index (χ2n) is 8.93. The van der Waals surface area contributed by atoms with Crippen molar-refractivity contribution >= 4 is 14.0 Å². The third kappa shape index (κ3) is 4.43. The van der Waals surface area contributed by atoms with E-state index in [0.29, 0.717) is 24.1 Å². The van der Waals surface area contributed by atoms with Crippen LogP contribution in [0.3, 0.4) is 0 Å². The minimum atomic E-state index is -1.83. The Bertz CT molecular complexity index is 720. The first kappa shape index (κ1) is 20.1. The van der Waals surface area contributed by atoms with E-state index in [1.807, 2.05) is 12.1 Å². The fraction of sp³-hybridized carbons (Fsp3) is 0.619. The Balaban J connectivity index is 1.85. The summed E-state index contributed by atoms with van der Waals surface area (Å²) in [4.78, 5) is 0. The molecule has 0 amide bonds. The minimum absolute atomic E-state index is 0.119. The molecule has 5 nitrogen and oxygen atoms in total. The van der Waals surface area contributed by atoms with Gasteiger partial charge in [-0.1, -0.05) is 20.8 Å². The van der Waals surface area contributed by atoms with Crippen molar-refractivity contribution in [3.8, 4) is 17.2 Å². The SMILES string of the molecule is COc1cc2c(cc1OC)C(NC1CC1)=CC(CO[Si](C)(C)C(C)(C)C)O2. The Morgan fingerprint density at radius 3 is 2.30 bits per heavy atom. The van der Waals surface area contributed by atoms with Gasteiger partial charge in [-0.05, 0) is 43.1 Å². The van der Waals surface area contributed by atoms with E-state index in [4.69, 9.17) is 18.6 Å². The first-order valence-corrected chi connectivity index (χ1v) is 12.6. The number of benzene rings is 1. The maximum atomic E-state index is 6.40. The van der Waals surface area contributed by atoms with Crippen molar-refractivity contribution in [2.75, 3.05) is 20.8 Å². The van der Waals surface area contributed by atoms with Gasteiger partial charge in [-0.2, -0.15) is 0 Å². The van der Waals surface area contributed by atoms with Crippen LogP contribution >= 0.6 is 0 Å². The molecule has 0 aromatic heterocycles. The third-order valence-electron chi connectivity index (χ3n) is 5.76. The Labute approximate surface area is 164 Å². The molecule has 1 aliphatic heterocycles. The maximum Gasteiger partial charge on any atom is 0.192 e. The summed E-state index contributed by atoms with van der Waals surface area (Å²) < 4.78 is 23.6. The highest BCUT2D eigenvalue weighted by molar-refractivity contribution is 6.74. The molecule has 3 rings (SSSR count). The van der Waals surface area contributed by atoms with Crippen molar-refractivity contribution in [2.24, 2.45) is 0 Å². The minimum Gasteiger partial charge on any atom is -0.493 e. The summed E-state index contributed by atoms with van der Waals surface area (Å²) in [5, 5.41) is 3.81. The van der Waals surface area contributed by atoms with Gasteiger partial charge >= 0.3 is 0 Å². The Hall–Kier alpha value is -1.66. The molecule has 0 spiro atoms. The molecule has 1 fully saturated rings. The molecule has 0 radical (unpaired) electrons. The Morgan fingerprint density at radius 1 is 1.11 bits per heavy atom. The normalized spacial score (nSPS) is 19.7. The van der Waals surface area contributed by atoms with Crippen LogP contribution in [0, 0.1) is 0 Å². The molecule has 0 bridgehead atoms. The van der Waals surface area contributed by atoms with Gasteiger partial charge in [0.15, 0.2) is 19.8 Å². The largest absolute Gasteiger partial charge is 0.493 e. The molecule has 150 valence electrons. The van der Waals surface area contributed by atoms with E-state index >= 15 is 0 Å². The lowest BCUT2D eigenvalue weighted by Gasteiger charge is -2.37. The van der Waals surface area contributed by atoms with Gasteiger partial charge < -0.3 is 24.0 Å². The second kappa shape index (κ2) is 7.39. The fourth-order valence-electron chi connectivity index (χ4n) is 2.80. The highest BCUT2D eigenvalue weighted by Crippen LogP contribution is 2.42. The van der Waals surface area contributed by atoms with E-state index in [1.54, 1.807) is 14.2 Å². The lowest BCUT2D eigenvalue weighted by molar-refractivity contribution is 0.150. The van der Waals surface area contributed by atoms with Gasteiger partial charge in [-0.25, -0.2) is 0 Å². The molecule has 6 heteroatoms. The number of methoxy groups -OCH3 is 2. The highest BCUT2D eigenvalue weighted by atomic mass is 28.4. The summed E-state index contributed by atoms with van der Waals surface area (Å²) in [7, 11) is 1.47. The summed E-state index contributed by atoms with van der Waals surface area (Å²) in [5.74, 6) is 2.19. The van der Waals surface area contributed by atoms with Crippen molar-refractivity contribution in [2.45, 2.75) is 63.9 Å². The van der Waals surface area contributed by atoms with Gasteiger partial charge in [0.25, 0.3) is 0 Å². The van der Waals surface area contributed by atoms with Crippen molar-refractivity contribution < 1.29 is 18.6 Å². The number of hydrogen-bond acceptors (Lipinski definition) is 5. The van der Waals surface area contributed by atoms with Crippen molar-refractivity contribution in [3.05, 3.63) is 23.8 Å². The van der Waals surface area contributed by atoms with Crippen LogP contribution in [0.1, 0.15) is 39.2 Å². The van der Waals surface area contributed by atoms with Crippen LogP contribution in [0.15, 0.2) is 18.2 Å². The summed E-state index contributed by atoms with van der Waals surface area (Å²) in [6, 6.07) is 4.45. The predicted octanol–water partition coefficient (Wildman–Crippen LogP) is 4.58. The number of rotatable bonds is 7. The molecular formula is C21H33NO4Si. The summed E-state index contributed by atoms with van der Waals surface area (Å²) >= 11 is 0. The molecule has 1 unspecified atom stereocenters. The zero-order chi connectivity index (χ0) is 19.8. The molecule has 0 saturated heterocycles. The van der Waals surface area contributed by atoms with Crippen LogP contribution in [0.25, 0.3) is 5.70 Å². The van der Waals surface area contributed by atoms with Crippen molar-refractivity contribution in [1.82, 2.24) is 5.32 Å². The highest BCUT2D eigenvalue weighted by Gasteiger charge is 2.38. The quantitative estimate of drug-likeness (QED) is 0.690. The molecule has 1 aliphatic carbocycles. The molecule has 1 heterocycles.